The standard InChI is InChI=1S/C17H18F3N3O2.2ClH/c1-11(23-16-13(17(18,19)20)5-4-8-21-16)22-9-12-10-24-14-6-2-3-7-15(14)25-12;;/h2-8,11-12,22H,9-10H2,1H3,(H,21,23);2*1H. The van der Waals surface area contributed by atoms with E-state index in [1.54, 1.807) is 6.92 Å². The van der Waals surface area contributed by atoms with Crippen LogP contribution in [0.4, 0.5) is 19.0 Å². The van der Waals surface area contributed by atoms with E-state index in [0.29, 0.717) is 24.7 Å². The Kier molecular flexibility index (Phi) is 8.46. The van der Waals surface area contributed by atoms with E-state index in [0.717, 1.165) is 6.07 Å². The number of alkyl halides is 3. The lowest BCUT2D eigenvalue weighted by atomic mass is 10.2. The van der Waals surface area contributed by atoms with Gasteiger partial charge in [-0.15, -0.1) is 24.8 Å². The van der Waals surface area contributed by atoms with Crippen molar-refractivity contribution in [2.24, 2.45) is 0 Å². The van der Waals surface area contributed by atoms with Gasteiger partial charge in [0.15, 0.2) is 11.5 Å². The normalized spacial score (nSPS) is 16.5. The summed E-state index contributed by atoms with van der Waals surface area (Å²) in [6.07, 6.45) is -3.80. The first-order chi connectivity index (χ1) is 11.9. The van der Waals surface area contributed by atoms with Gasteiger partial charge >= 0.3 is 6.18 Å². The van der Waals surface area contributed by atoms with Crippen LogP contribution in [0.2, 0.25) is 0 Å². The lowest BCUT2D eigenvalue weighted by Crippen LogP contribution is -2.44. The first kappa shape index (κ1) is 23.1. The molecule has 2 unspecified atom stereocenters. The Labute approximate surface area is 167 Å². The molecule has 1 aromatic heterocycles. The fourth-order valence-corrected chi connectivity index (χ4v) is 2.48. The van der Waals surface area contributed by atoms with Gasteiger partial charge in [0.25, 0.3) is 0 Å². The zero-order valence-corrected chi connectivity index (χ0v) is 16.0. The third kappa shape index (κ3) is 6.05. The molecular formula is C17H20Cl2F3N3O2. The van der Waals surface area contributed by atoms with Crippen molar-refractivity contribution in [3.8, 4) is 11.5 Å². The minimum atomic E-state index is -4.46. The highest BCUT2D eigenvalue weighted by atomic mass is 35.5. The van der Waals surface area contributed by atoms with Gasteiger partial charge in [0.2, 0.25) is 0 Å². The van der Waals surface area contributed by atoms with Crippen LogP contribution in [0, 0.1) is 0 Å². The third-order valence-corrected chi connectivity index (χ3v) is 3.69. The number of para-hydroxylation sites is 2. The summed E-state index contributed by atoms with van der Waals surface area (Å²) < 4.78 is 50.3. The van der Waals surface area contributed by atoms with E-state index >= 15 is 0 Å². The molecule has 0 spiro atoms. The molecule has 2 N–H and O–H groups in total. The molecule has 2 heterocycles. The molecule has 3 rings (SSSR count). The van der Waals surface area contributed by atoms with Gasteiger partial charge in [0.1, 0.15) is 18.5 Å². The predicted molar refractivity (Wildman–Crippen MR) is 101 cm³/mol. The van der Waals surface area contributed by atoms with Crippen molar-refractivity contribution < 1.29 is 22.6 Å². The maximum atomic E-state index is 13.0. The average Bonchev–Trinajstić information content (AvgIpc) is 2.59. The van der Waals surface area contributed by atoms with Crippen molar-refractivity contribution in [3.63, 3.8) is 0 Å². The van der Waals surface area contributed by atoms with Crippen LogP contribution in [-0.4, -0.2) is 30.4 Å². The van der Waals surface area contributed by atoms with Gasteiger partial charge in [-0.05, 0) is 31.2 Å². The van der Waals surface area contributed by atoms with Crippen LogP contribution in [0.5, 0.6) is 11.5 Å². The summed E-state index contributed by atoms with van der Waals surface area (Å²) in [4.78, 5) is 3.78. The van der Waals surface area contributed by atoms with Gasteiger partial charge in [0.05, 0.1) is 11.7 Å². The molecule has 0 bridgehead atoms. The molecule has 2 atom stereocenters. The number of halogens is 5. The zero-order valence-electron chi connectivity index (χ0n) is 14.3. The molecule has 0 saturated heterocycles. The maximum absolute atomic E-state index is 13.0. The molecule has 150 valence electrons. The minimum Gasteiger partial charge on any atom is -0.486 e. The average molecular weight is 426 g/mol. The number of ether oxygens (including phenoxy) is 2. The number of aromatic nitrogens is 1. The fraction of sp³-hybridized carbons (Fsp3) is 0.353. The summed E-state index contributed by atoms with van der Waals surface area (Å²) in [7, 11) is 0. The van der Waals surface area contributed by atoms with Crippen LogP contribution < -0.4 is 20.1 Å². The monoisotopic (exact) mass is 425 g/mol. The molecule has 2 aromatic rings. The summed E-state index contributed by atoms with van der Waals surface area (Å²) in [5, 5.41) is 5.82. The molecule has 1 aromatic carbocycles. The molecule has 5 nitrogen and oxygen atoms in total. The number of benzene rings is 1. The van der Waals surface area contributed by atoms with E-state index in [4.69, 9.17) is 9.47 Å². The van der Waals surface area contributed by atoms with Crippen LogP contribution in [0.15, 0.2) is 42.6 Å². The van der Waals surface area contributed by atoms with Crippen molar-refractivity contribution in [1.82, 2.24) is 10.3 Å². The quantitative estimate of drug-likeness (QED) is 0.705. The molecule has 10 heteroatoms. The second kappa shape index (κ2) is 9.87. The van der Waals surface area contributed by atoms with Gasteiger partial charge in [0, 0.05) is 12.7 Å². The summed E-state index contributed by atoms with van der Waals surface area (Å²) in [5.41, 5.74) is -0.796. The Balaban J connectivity index is 0.00000182. The van der Waals surface area contributed by atoms with E-state index < -0.39 is 17.9 Å². The number of hydrogen-bond donors (Lipinski definition) is 2. The molecule has 1 aliphatic heterocycles. The molecule has 27 heavy (non-hydrogen) atoms. The maximum Gasteiger partial charge on any atom is 0.419 e. The number of rotatable bonds is 5. The molecule has 0 aliphatic carbocycles. The smallest absolute Gasteiger partial charge is 0.419 e. The van der Waals surface area contributed by atoms with Gasteiger partial charge in [-0.3, -0.25) is 5.32 Å². The Bertz CT molecular complexity index is 735. The summed E-state index contributed by atoms with van der Waals surface area (Å²) in [6.45, 7) is 2.50. The number of fused-ring (bicyclic) bond motifs is 1. The first-order valence-corrected chi connectivity index (χ1v) is 7.84. The Morgan fingerprint density at radius 2 is 1.85 bits per heavy atom. The number of hydrogen-bond acceptors (Lipinski definition) is 5. The largest absolute Gasteiger partial charge is 0.486 e. The van der Waals surface area contributed by atoms with Crippen LogP contribution in [0.1, 0.15) is 12.5 Å². The van der Waals surface area contributed by atoms with E-state index in [-0.39, 0.29) is 36.7 Å². The highest BCUT2D eigenvalue weighted by molar-refractivity contribution is 5.85. The molecule has 0 radical (unpaired) electrons. The molecule has 0 fully saturated rings. The fourth-order valence-electron chi connectivity index (χ4n) is 2.48. The lowest BCUT2D eigenvalue weighted by molar-refractivity contribution is -0.137. The van der Waals surface area contributed by atoms with Crippen molar-refractivity contribution in [3.05, 3.63) is 48.2 Å². The number of nitrogens with zero attached hydrogens (tertiary/aromatic N) is 1. The van der Waals surface area contributed by atoms with Gasteiger partial charge in [-0.1, -0.05) is 12.1 Å². The van der Waals surface area contributed by atoms with E-state index in [9.17, 15) is 13.2 Å². The highest BCUT2D eigenvalue weighted by Gasteiger charge is 2.34. The van der Waals surface area contributed by atoms with E-state index in [2.05, 4.69) is 15.6 Å². The zero-order chi connectivity index (χ0) is 17.9. The minimum absolute atomic E-state index is 0. The first-order valence-electron chi connectivity index (χ1n) is 7.84. The number of nitrogens with one attached hydrogen (secondary N) is 2. The van der Waals surface area contributed by atoms with Crippen molar-refractivity contribution in [1.29, 1.82) is 0 Å². The molecular weight excluding hydrogens is 406 g/mol. The molecule has 0 saturated carbocycles. The van der Waals surface area contributed by atoms with Crippen molar-refractivity contribution in [2.45, 2.75) is 25.4 Å². The predicted octanol–water partition coefficient (Wildman–Crippen LogP) is 4.13. The molecule has 0 amide bonds. The van der Waals surface area contributed by atoms with Crippen LogP contribution in [-0.2, 0) is 6.18 Å². The van der Waals surface area contributed by atoms with Gasteiger partial charge in [-0.25, -0.2) is 4.98 Å². The van der Waals surface area contributed by atoms with Gasteiger partial charge in [-0.2, -0.15) is 13.2 Å². The summed E-state index contributed by atoms with van der Waals surface area (Å²) >= 11 is 0. The Morgan fingerprint density at radius 3 is 2.56 bits per heavy atom. The number of pyridine rings is 1. The topological polar surface area (TPSA) is 55.4 Å². The molecule has 1 aliphatic rings. The lowest BCUT2D eigenvalue weighted by Gasteiger charge is -2.28. The van der Waals surface area contributed by atoms with Crippen LogP contribution in [0.25, 0.3) is 0 Å². The van der Waals surface area contributed by atoms with E-state index in [1.807, 2.05) is 24.3 Å². The van der Waals surface area contributed by atoms with Crippen LogP contribution in [0.3, 0.4) is 0 Å². The van der Waals surface area contributed by atoms with Crippen molar-refractivity contribution in [2.75, 3.05) is 18.5 Å². The summed E-state index contributed by atoms with van der Waals surface area (Å²) in [5.74, 6) is 1.14. The second-order valence-corrected chi connectivity index (χ2v) is 5.67. The summed E-state index contributed by atoms with van der Waals surface area (Å²) in [6, 6.07) is 9.60. The SMILES string of the molecule is CC(NCC1COc2ccccc2O1)Nc1ncccc1C(F)(F)F.Cl.Cl. The Hall–Kier alpha value is -1.90. The highest BCUT2D eigenvalue weighted by Crippen LogP contribution is 2.33. The van der Waals surface area contributed by atoms with Crippen molar-refractivity contribution >= 4 is 30.6 Å². The van der Waals surface area contributed by atoms with E-state index in [1.165, 1.54) is 12.3 Å². The van der Waals surface area contributed by atoms with Crippen LogP contribution >= 0.6 is 24.8 Å². The Morgan fingerprint density at radius 1 is 1.15 bits per heavy atom. The number of anilines is 1. The third-order valence-electron chi connectivity index (χ3n) is 3.69. The van der Waals surface area contributed by atoms with Gasteiger partial charge < -0.3 is 14.8 Å². The second-order valence-electron chi connectivity index (χ2n) is 5.67.